The minimum absolute atomic E-state index is 0.0203. The first-order valence-corrected chi connectivity index (χ1v) is 11.8. The molecule has 3 nitrogen and oxygen atoms in total. The maximum atomic E-state index is 12.5. The zero-order valence-electron chi connectivity index (χ0n) is 20.6. The van der Waals surface area contributed by atoms with Crippen molar-refractivity contribution in [3.05, 3.63) is 53.6 Å². The van der Waals surface area contributed by atoms with E-state index in [1.807, 2.05) is 18.7 Å². The lowest BCUT2D eigenvalue weighted by molar-refractivity contribution is -0.0331. The van der Waals surface area contributed by atoms with Crippen LogP contribution in [0.3, 0.4) is 0 Å². The summed E-state index contributed by atoms with van der Waals surface area (Å²) in [6.45, 7) is 18.0. The summed E-state index contributed by atoms with van der Waals surface area (Å²) in [7, 11) is 0. The van der Waals surface area contributed by atoms with Crippen LogP contribution in [0.25, 0.3) is 0 Å². The smallest absolute Gasteiger partial charge is 0.111 e. The molecule has 1 heterocycles. The van der Waals surface area contributed by atoms with Crippen LogP contribution >= 0.6 is 0 Å². The quantitative estimate of drug-likeness (QED) is 0.469. The summed E-state index contributed by atoms with van der Waals surface area (Å²) in [4.78, 5) is 4.31. The van der Waals surface area contributed by atoms with E-state index in [2.05, 4.69) is 83.1 Å². The Morgan fingerprint density at radius 2 is 1.60 bits per heavy atom. The van der Waals surface area contributed by atoms with E-state index < -0.39 is 5.60 Å². The fraction of sp³-hybridized carbons (Fsp3) is 0.667. The molecule has 0 radical (unpaired) electrons. The molecular weight excluding hydrogens is 368 g/mol. The van der Waals surface area contributed by atoms with Crippen LogP contribution in [0, 0.1) is 0 Å². The summed E-state index contributed by atoms with van der Waals surface area (Å²) in [5.74, 6) is 0. The molecule has 2 rings (SSSR count). The molecule has 1 N–H and O–H groups in total. The highest BCUT2D eigenvalue weighted by Gasteiger charge is 2.42. The van der Waals surface area contributed by atoms with Gasteiger partial charge in [0, 0.05) is 12.4 Å². The molecule has 30 heavy (non-hydrogen) atoms. The average Bonchev–Trinajstić information content (AvgIpc) is 3.19. The van der Waals surface area contributed by atoms with Gasteiger partial charge in [0.05, 0.1) is 12.4 Å². The molecule has 1 aromatic carbocycles. The van der Waals surface area contributed by atoms with Crippen LogP contribution in [0.15, 0.2) is 36.9 Å². The Hall–Kier alpha value is -1.61. The van der Waals surface area contributed by atoms with Gasteiger partial charge < -0.3 is 9.67 Å². The van der Waals surface area contributed by atoms with Crippen LogP contribution in [0.1, 0.15) is 117 Å². The van der Waals surface area contributed by atoms with E-state index >= 15 is 0 Å². The summed E-state index contributed by atoms with van der Waals surface area (Å²) < 4.78 is 2.13. The third-order valence-corrected chi connectivity index (χ3v) is 6.34. The number of hydrogen-bond acceptors (Lipinski definition) is 2. The predicted octanol–water partition coefficient (Wildman–Crippen LogP) is 7.29. The molecule has 2 aromatic rings. The molecule has 168 valence electrons. The van der Waals surface area contributed by atoms with Crippen LogP contribution in [0.4, 0.5) is 0 Å². The van der Waals surface area contributed by atoms with Gasteiger partial charge in [-0.05, 0) is 40.4 Å². The Balaban J connectivity index is 2.72. The van der Waals surface area contributed by atoms with Gasteiger partial charge in [0.1, 0.15) is 5.60 Å². The SMILES string of the molecule is CCCCC(n1ccnc1)C(O)(CCCC)c1ccc(C(C)(C)C)cc1C(C)(C)C. The maximum Gasteiger partial charge on any atom is 0.111 e. The van der Waals surface area contributed by atoms with Crippen molar-refractivity contribution < 1.29 is 5.11 Å². The van der Waals surface area contributed by atoms with Crippen molar-refractivity contribution >= 4 is 0 Å². The predicted molar refractivity (Wildman–Crippen MR) is 128 cm³/mol. The number of hydrogen-bond donors (Lipinski definition) is 1. The molecule has 0 amide bonds. The normalized spacial score (nSPS) is 15.8. The Labute approximate surface area is 184 Å². The summed E-state index contributed by atoms with van der Waals surface area (Å²) in [6.07, 6.45) is 11.7. The summed E-state index contributed by atoms with van der Waals surface area (Å²) in [5.41, 5.74) is 2.76. The van der Waals surface area contributed by atoms with E-state index in [9.17, 15) is 5.11 Å². The van der Waals surface area contributed by atoms with Crippen LogP contribution in [0.5, 0.6) is 0 Å². The van der Waals surface area contributed by atoms with Gasteiger partial charge in [-0.1, -0.05) is 99.3 Å². The zero-order valence-corrected chi connectivity index (χ0v) is 20.6. The molecule has 0 aliphatic heterocycles. The van der Waals surface area contributed by atoms with Crippen LogP contribution in [-0.4, -0.2) is 14.7 Å². The second-order valence-corrected chi connectivity index (χ2v) is 11.0. The average molecular weight is 413 g/mol. The minimum Gasteiger partial charge on any atom is -0.383 e. The summed E-state index contributed by atoms with van der Waals surface area (Å²) in [6, 6.07) is 6.77. The number of aliphatic hydroxyl groups is 1. The van der Waals surface area contributed by atoms with E-state index in [0.717, 1.165) is 44.1 Å². The third kappa shape index (κ3) is 5.55. The highest BCUT2D eigenvalue weighted by atomic mass is 16.3. The lowest BCUT2D eigenvalue weighted by Crippen LogP contribution is -2.39. The van der Waals surface area contributed by atoms with Crippen molar-refractivity contribution in [2.45, 2.75) is 116 Å². The van der Waals surface area contributed by atoms with Gasteiger partial charge in [-0.2, -0.15) is 0 Å². The van der Waals surface area contributed by atoms with E-state index in [1.165, 1.54) is 11.1 Å². The molecule has 2 atom stereocenters. The van der Waals surface area contributed by atoms with Gasteiger partial charge >= 0.3 is 0 Å². The van der Waals surface area contributed by atoms with Crippen molar-refractivity contribution in [2.75, 3.05) is 0 Å². The van der Waals surface area contributed by atoms with Crippen molar-refractivity contribution in [1.82, 2.24) is 9.55 Å². The topological polar surface area (TPSA) is 38.0 Å². The van der Waals surface area contributed by atoms with Crippen LogP contribution in [-0.2, 0) is 16.4 Å². The fourth-order valence-corrected chi connectivity index (χ4v) is 4.42. The summed E-state index contributed by atoms with van der Waals surface area (Å²) >= 11 is 0. The van der Waals surface area contributed by atoms with Crippen LogP contribution < -0.4 is 0 Å². The molecule has 0 aliphatic rings. The third-order valence-electron chi connectivity index (χ3n) is 6.34. The molecule has 0 spiro atoms. The molecule has 0 aliphatic carbocycles. The molecular formula is C27H44N2O. The largest absolute Gasteiger partial charge is 0.383 e. The van der Waals surface area contributed by atoms with Crippen molar-refractivity contribution in [2.24, 2.45) is 0 Å². The number of unbranched alkanes of at least 4 members (excludes halogenated alkanes) is 2. The van der Waals surface area contributed by atoms with Gasteiger partial charge in [0.2, 0.25) is 0 Å². The Bertz CT molecular complexity index is 780. The van der Waals surface area contributed by atoms with Crippen molar-refractivity contribution in [1.29, 1.82) is 0 Å². The highest BCUT2D eigenvalue weighted by molar-refractivity contribution is 5.43. The number of nitrogens with zero attached hydrogens (tertiary/aromatic N) is 2. The monoisotopic (exact) mass is 412 g/mol. The first-order chi connectivity index (χ1) is 13.9. The second-order valence-electron chi connectivity index (χ2n) is 11.0. The second kappa shape index (κ2) is 9.68. The van der Waals surface area contributed by atoms with E-state index in [1.54, 1.807) is 0 Å². The number of aromatic nitrogens is 2. The lowest BCUT2D eigenvalue weighted by atomic mass is 9.71. The Morgan fingerprint density at radius 1 is 0.933 bits per heavy atom. The van der Waals surface area contributed by atoms with E-state index in [-0.39, 0.29) is 16.9 Å². The van der Waals surface area contributed by atoms with Gasteiger partial charge in [-0.3, -0.25) is 0 Å². The molecule has 0 saturated carbocycles. The summed E-state index contributed by atoms with van der Waals surface area (Å²) in [5, 5.41) is 12.5. The number of imidazole rings is 1. The molecule has 0 saturated heterocycles. The first-order valence-electron chi connectivity index (χ1n) is 11.8. The van der Waals surface area contributed by atoms with E-state index in [0.29, 0.717) is 0 Å². The molecule has 1 aromatic heterocycles. The Kier molecular flexibility index (Phi) is 7.96. The number of benzene rings is 1. The fourth-order valence-electron chi connectivity index (χ4n) is 4.42. The lowest BCUT2D eigenvalue weighted by Gasteiger charge is -2.41. The molecule has 0 fully saturated rings. The Morgan fingerprint density at radius 3 is 2.10 bits per heavy atom. The zero-order chi connectivity index (χ0) is 22.6. The first kappa shape index (κ1) is 24.7. The standard InChI is InChI=1S/C27H44N2O/c1-9-11-13-24(29-18-17-28-20-29)27(30,16-12-10-2)22-15-14-21(25(3,4)5)19-23(22)26(6,7)8/h14-15,17-20,24,30H,9-13,16H2,1-8H3. The molecule has 2 unspecified atom stereocenters. The minimum atomic E-state index is -0.926. The van der Waals surface area contributed by atoms with Gasteiger partial charge in [0.25, 0.3) is 0 Å². The van der Waals surface area contributed by atoms with Crippen molar-refractivity contribution in [3.63, 3.8) is 0 Å². The molecule has 0 bridgehead atoms. The van der Waals surface area contributed by atoms with E-state index in [4.69, 9.17) is 0 Å². The maximum absolute atomic E-state index is 12.5. The van der Waals surface area contributed by atoms with Crippen LogP contribution in [0.2, 0.25) is 0 Å². The number of rotatable bonds is 9. The van der Waals surface area contributed by atoms with Gasteiger partial charge in [0.15, 0.2) is 0 Å². The molecule has 3 heteroatoms. The highest BCUT2D eigenvalue weighted by Crippen LogP contribution is 2.45. The van der Waals surface area contributed by atoms with Gasteiger partial charge in [-0.25, -0.2) is 4.98 Å². The van der Waals surface area contributed by atoms with Crippen molar-refractivity contribution in [3.8, 4) is 0 Å². The van der Waals surface area contributed by atoms with Gasteiger partial charge in [-0.15, -0.1) is 0 Å².